The fourth-order valence-electron chi connectivity index (χ4n) is 2.44. The minimum Gasteiger partial charge on any atom is -0.507 e. The first-order chi connectivity index (χ1) is 9.60. The van der Waals surface area contributed by atoms with Crippen LogP contribution in [0, 0.1) is 0 Å². The Bertz CT molecular complexity index is 501. The van der Waals surface area contributed by atoms with Crippen LogP contribution in [-0.2, 0) is 11.2 Å². The molecule has 1 aliphatic heterocycles. The van der Waals surface area contributed by atoms with Crippen molar-refractivity contribution in [3.63, 3.8) is 0 Å². The van der Waals surface area contributed by atoms with Crippen LogP contribution in [0.25, 0.3) is 0 Å². The van der Waals surface area contributed by atoms with E-state index in [2.05, 4.69) is 0 Å². The van der Waals surface area contributed by atoms with Crippen LogP contribution in [0.15, 0.2) is 18.2 Å². The number of aryl methyl sites for hydroxylation is 1. The highest BCUT2D eigenvalue weighted by molar-refractivity contribution is 5.80. The van der Waals surface area contributed by atoms with Gasteiger partial charge in [-0.2, -0.15) is 0 Å². The van der Waals surface area contributed by atoms with E-state index >= 15 is 0 Å². The Labute approximate surface area is 117 Å². The molecule has 1 saturated heterocycles. The SMILES string of the molecule is O=Cc1cc(CCC(=O)N2CCCC(O)C2)ccc1O. The number of phenolic OH excluding ortho intramolecular Hbond substituents is 1. The Morgan fingerprint density at radius 2 is 2.25 bits per heavy atom. The lowest BCUT2D eigenvalue weighted by atomic mass is 10.0. The van der Waals surface area contributed by atoms with E-state index in [1.165, 1.54) is 6.07 Å². The highest BCUT2D eigenvalue weighted by atomic mass is 16.3. The van der Waals surface area contributed by atoms with Gasteiger partial charge in [-0.25, -0.2) is 0 Å². The third kappa shape index (κ3) is 3.57. The minimum atomic E-state index is -0.414. The predicted octanol–water partition coefficient (Wildman–Crippen LogP) is 1.12. The molecule has 108 valence electrons. The van der Waals surface area contributed by atoms with Crippen molar-refractivity contribution in [3.05, 3.63) is 29.3 Å². The number of aldehydes is 1. The Hall–Kier alpha value is -1.88. The zero-order chi connectivity index (χ0) is 14.5. The van der Waals surface area contributed by atoms with Crippen molar-refractivity contribution in [1.29, 1.82) is 0 Å². The molecule has 0 aromatic heterocycles. The maximum atomic E-state index is 12.0. The summed E-state index contributed by atoms with van der Waals surface area (Å²) in [6, 6.07) is 4.77. The summed E-state index contributed by atoms with van der Waals surface area (Å²) in [5.41, 5.74) is 1.08. The number of β-amino-alcohol motifs (C(OH)–C–C–N with tert-alkyl or cyclic N) is 1. The first-order valence-electron chi connectivity index (χ1n) is 6.83. The number of benzene rings is 1. The fourth-order valence-corrected chi connectivity index (χ4v) is 2.44. The maximum Gasteiger partial charge on any atom is 0.222 e. The van der Waals surface area contributed by atoms with Gasteiger partial charge in [-0.3, -0.25) is 9.59 Å². The van der Waals surface area contributed by atoms with Gasteiger partial charge in [0.05, 0.1) is 11.7 Å². The number of rotatable bonds is 4. The fraction of sp³-hybridized carbons (Fsp3) is 0.467. The van der Waals surface area contributed by atoms with Gasteiger partial charge in [-0.05, 0) is 37.0 Å². The number of nitrogens with zero attached hydrogens (tertiary/aromatic N) is 1. The second-order valence-electron chi connectivity index (χ2n) is 5.15. The minimum absolute atomic E-state index is 0.0180. The van der Waals surface area contributed by atoms with Crippen LogP contribution >= 0.6 is 0 Å². The van der Waals surface area contributed by atoms with E-state index in [4.69, 9.17) is 0 Å². The van der Waals surface area contributed by atoms with Crippen LogP contribution in [0.2, 0.25) is 0 Å². The summed E-state index contributed by atoms with van der Waals surface area (Å²) in [6.07, 6.45) is 2.64. The lowest BCUT2D eigenvalue weighted by Crippen LogP contribution is -2.42. The lowest BCUT2D eigenvalue weighted by Gasteiger charge is -2.30. The van der Waals surface area contributed by atoms with Gasteiger partial charge in [0.1, 0.15) is 5.75 Å². The zero-order valence-corrected chi connectivity index (χ0v) is 11.3. The third-order valence-electron chi connectivity index (χ3n) is 3.60. The zero-order valence-electron chi connectivity index (χ0n) is 11.3. The second kappa shape index (κ2) is 6.52. The average molecular weight is 277 g/mol. The lowest BCUT2D eigenvalue weighted by molar-refractivity contribution is -0.134. The quantitative estimate of drug-likeness (QED) is 0.808. The first kappa shape index (κ1) is 14.5. The van der Waals surface area contributed by atoms with Gasteiger partial charge in [-0.15, -0.1) is 0 Å². The summed E-state index contributed by atoms with van der Waals surface area (Å²) in [5.74, 6) is -0.0290. The molecule has 1 fully saturated rings. The Balaban J connectivity index is 1.91. The normalized spacial score (nSPS) is 18.9. The largest absolute Gasteiger partial charge is 0.507 e. The molecule has 0 saturated carbocycles. The van der Waals surface area contributed by atoms with Crippen molar-refractivity contribution in [2.24, 2.45) is 0 Å². The molecule has 1 atom stereocenters. The Kier molecular flexibility index (Phi) is 4.74. The number of carbonyl (C=O) groups excluding carboxylic acids is 2. The number of carbonyl (C=O) groups is 2. The van der Waals surface area contributed by atoms with E-state index in [9.17, 15) is 19.8 Å². The van der Waals surface area contributed by atoms with Crippen molar-refractivity contribution in [2.45, 2.75) is 31.8 Å². The monoisotopic (exact) mass is 277 g/mol. The third-order valence-corrected chi connectivity index (χ3v) is 3.60. The molecule has 0 radical (unpaired) electrons. The van der Waals surface area contributed by atoms with E-state index in [-0.39, 0.29) is 17.2 Å². The number of hydrogen-bond donors (Lipinski definition) is 2. The molecule has 20 heavy (non-hydrogen) atoms. The molecule has 1 unspecified atom stereocenters. The van der Waals surface area contributed by atoms with Crippen molar-refractivity contribution < 1.29 is 19.8 Å². The number of aliphatic hydroxyl groups excluding tert-OH is 1. The van der Waals surface area contributed by atoms with E-state index in [0.29, 0.717) is 32.2 Å². The van der Waals surface area contributed by atoms with Gasteiger partial charge in [0, 0.05) is 19.5 Å². The van der Waals surface area contributed by atoms with Crippen molar-refractivity contribution >= 4 is 12.2 Å². The summed E-state index contributed by atoms with van der Waals surface area (Å²) in [6.45, 7) is 1.11. The predicted molar refractivity (Wildman–Crippen MR) is 73.6 cm³/mol. The summed E-state index contributed by atoms with van der Waals surface area (Å²) in [5, 5.41) is 19.0. The molecule has 0 bridgehead atoms. The van der Waals surface area contributed by atoms with Crippen molar-refractivity contribution in [1.82, 2.24) is 4.90 Å². The molecule has 1 aromatic carbocycles. The summed E-state index contributed by atoms with van der Waals surface area (Å²) < 4.78 is 0. The number of aliphatic hydroxyl groups is 1. The highest BCUT2D eigenvalue weighted by Gasteiger charge is 2.21. The Morgan fingerprint density at radius 3 is 2.95 bits per heavy atom. The number of likely N-dealkylation sites (tertiary alicyclic amines) is 1. The molecule has 1 heterocycles. The smallest absolute Gasteiger partial charge is 0.222 e. The molecular formula is C15H19NO4. The van der Waals surface area contributed by atoms with Gasteiger partial charge >= 0.3 is 0 Å². The van der Waals surface area contributed by atoms with Gasteiger partial charge in [0.2, 0.25) is 5.91 Å². The molecule has 2 N–H and O–H groups in total. The van der Waals surface area contributed by atoms with E-state index in [1.54, 1.807) is 17.0 Å². The number of amides is 1. The molecule has 1 aromatic rings. The van der Waals surface area contributed by atoms with E-state index in [1.807, 2.05) is 0 Å². The van der Waals surface area contributed by atoms with Crippen LogP contribution in [0.5, 0.6) is 5.75 Å². The van der Waals surface area contributed by atoms with E-state index in [0.717, 1.165) is 18.4 Å². The van der Waals surface area contributed by atoms with Gasteiger partial charge < -0.3 is 15.1 Å². The summed E-state index contributed by atoms with van der Waals surface area (Å²) in [7, 11) is 0. The molecule has 5 nitrogen and oxygen atoms in total. The summed E-state index contributed by atoms with van der Waals surface area (Å²) in [4.78, 5) is 24.5. The highest BCUT2D eigenvalue weighted by Crippen LogP contribution is 2.18. The van der Waals surface area contributed by atoms with Crippen molar-refractivity contribution in [2.75, 3.05) is 13.1 Å². The summed E-state index contributed by atoms with van der Waals surface area (Å²) >= 11 is 0. The standard InChI is InChI=1S/C15H19NO4/c17-10-12-8-11(3-5-14(12)19)4-6-15(20)16-7-1-2-13(18)9-16/h3,5,8,10,13,18-19H,1-2,4,6-7,9H2. The molecule has 0 aliphatic carbocycles. The molecule has 0 spiro atoms. The number of phenols is 1. The Morgan fingerprint density at radius 1 is 1.45 bits per heavy atom. The van der Waals surface area contributed by atoms with Crippen LogP contribution in [0.3, 0.4) is 0 Å². The molecular weight excluding hydrogens is 258 g/mol. The van der Waals surface area contributed by atoms with Crippen LogP contribution < -0.4 is 0 Å². The maximum absolute atomic E-state index is 12.0. The van der Waals surface area contributed by atoms with Gasteiger partial charge in [0.25, 0.3) is 0 Å². The van der Waals surface area contributed by atoms with Gasteiger partial charge in [0.15, 0.2) is 6.29 Å². The van der Waals surface area contributed by atoms with Crippen LogP contribution in [0.1, 0.15) is 35.2 Å². The molecule has 1 aliphatic rings. The number of piperidine rings is 1. The topological polar surface area (TPSA) is 77.8 Å². The average Bonchev–Trinajstić information content (AvgIpc) is 2.46. The van der Waals surface area contributed by atoms with E-state index < -0.39 is 6.10 Å². The van der Waals surface area contributed by atoms with Gasteiger partial charge in [-0.1, -0.05) is 6.07 Å². The van der Waals surface area contributed by atoms with Crippen molar-refractivity contribution in [3.8, 4) is 5.75 Å². The number of aromatic hydroxyl groups is 1. The van der Waals surface area contributed by atoms with Crippen LogP contribution in [-0.4, -0.2) is 46.5 Å². The molecule has 5 heteroatoms. The first-order valence-corrected chi connectivity index (χ1v) is 6.83. The van der Waals surface area contributed by atoms with Crippen LogP contribution in [0.4, 0.5) is 0 Å². The molecule has 1 amide bonds. The molecule has 2 rings (SSSR count). The second-order valence-corrected chi connectivity index (χ2v) is 5.15. The number of hydrogen-bond acceptors (Lipinski definition) is 4.